The highest BCUT2D eigenvalue weighted by atomic mass is 16.5. The average Bonchev–Trinajstić information content (AvgIpc) is 2.54. The van der Waals surface area contributed by atoms with Crippen molar-refractivity contribution in [1.29, 1.82) is 0 Å². The molecule has 0 saturated heterocycles. The Hall–Kier alpha value is -1.84. The van der Waals surface area contributed by atoms with Crippen molar-refractivity contribution in [2.24, 2.45) is 11.8 Å². The van der Waals surface area contributed by atoms with Gasteiger partial charge in [-0.25, -0.2) is 0 Å². The average molecular weight is 331 g/mol. The van der Waals surface area contributed by atoms with E-state index in [0.717, 1.165) is 24.0 Å². The Morgan fingerprint density at radius 3 is 2.54 bits per heavy atom. The van der Waals surface area contributed by atoms with Gasteiger partial charge in [-0.3, -0.25) is 9.59 Å². The number of benzene rings is 1. The predicted molar refractivity (Wildman–Crippen MR) is 94.5 cm³/mol. The molecule has 0 heterocycles. The highest BCUT2D eigenvalue weighted by molar-refractivity contribution is 5.84. The number of hydrogen-bond donors (Lipinski definition) is 1. The van der Waals surface area contributed by atoms with E-state index >= 15 is 0 Å². The van der Waals surface area contributed by atoms with Crippen LogP contribution in [0.25, 0.3) is 0 Å². The van der Waals surface area contributed by atoms with E-state index in [0.29, 0.717) is 11.8 Å². The predicted octanol–water partition coefficient (Wildman–Crippen LogP) is 3.41. The Morgan fingerprint density at radius 1 is 1.21 bits per heavy atom. The molecule has 0 unspecified atom stereocenters. The van der Waals surface area contributed by atoms with Crippen LogP contribution >= 0.6 is 0 Å². The Balaban J connectivity index is 1.82. The second-order valence-electron chi connectivity index (χ2n) is 7.18. The molecule has 2 rings (SSSR count). The molecular formula is C20H29NO3. The van der Waals surface area contributed by atoms with Gasteiger partial charge in [-0.1, -0.05) is 56.5 Å². The first-order chi connectivity index (χ1) is 11.4. The quantitative estimate of drug-likeness (QED) is 0.841. The summed E-state index contributed by atoms with van der Waals surface area (Å²) in [4.78, 5) is 24.3. The molecule has 4 nitrogen and oxygen atoms in total. The van der Waals surface area contributed by atoms with Gasteiger partial charge in [-0.2, -0.15) is 0 Å². The molecule has 1 N–H and O–H groups in total. The van der Waals surface area contributed by atoms with Crippen LogP contribution in [0.5, 0.6) is 0 Å². The minimum absolute atomic E-state index is 0.180. The second kappa shape index (κ2) is 8.32. The molecule has 0 bridgehead atoms. The van der Waals surface area contributed by atoms with Crippen molar-refractivity contribution in [3.8, 4) is 0 Å². The molecule has 4 atom stereocenters. The summed E-state index contributed by atoms with van der Waals surface area (Å²) in [7, 11) is 0. The van der Waals surface area contributed by atoms with Gasteiger partial charge < -0.3 is 10.1 Å². The molecule has 0 aliphatic heterocycles. The van der Waals surface area contributed by atoms with Crippen LogP contribution in [-0.4, -0.2) is 24.0 Å². The molecule has 0 radical (unpaired) electrons. The molecule has 1 aliphatic rings. The number of amides is 1. The summed E-state index contributed by atoms with van der Waals surface area (Å²) >= 11 is 0. The maximum atomic E-state index is 12.3. The minimum Gasteiger partial charge on any atom is -0.452 e. The molecule has 1 saturated carbocycles. The van der Waals surface area contributed by atoms with E-state index in [1.807, 2.05) is 31.2 Å². The molecule has 1 aromatic carbocycles. The zero-order chi connectivity index (χ0) is 17.7. The standard InChI is InChI=1S/C20H29NO3/c1-13-8-10-17(11-9-13)12-19(22)24-16(4)20(23)21-18-7-5-6-14(2)15(18)3/h8-11,14-16,18H,5-7,12H2,1-4H3,(H,21,23)/t14-,15-,16+,18+/m0/s1. The minimum atomic E-state index is -0.757. The molecule has 1 aromatic rings. The van der Waals surface area contributed by atoms with Gasteiger partial charge in [-0.05, 0) is 37.7 Å². The van der Waals surface area contributed by atoms with E-state index in [1.165, 1.54) is 6.42 Å². The van der Waals surface area contributed by atoms with Gasteiger partial charge in [-0.15, -0.1) is 0 Å². The number of aryl methyl sites for hydroxylation is 1. The summed E-state index contributed by atoms with van der Waals surface area (Å²) < 4.78 is 5.30. The third-order valence-electron chi connectivity index (χ3n) is 5.18. The van der Waals surface area contributed by atoms with Gasteiger partial charge in [0.05, 0.1) is 6.42 Å². The zero-order valence-corrected chi connectivity index (χ0v) is 15.2. The van der Waals surface area contributed by atoms with Crippen LogP contribution in [-0.2, 0) is 20.7 Å². The molecule has 0 aromatic heterocycles. The van der Waals surface area contributed by atoms with Gasteiger partial charge in [0.15, 0.2) is 6.10 Å². The Morgan fingerprint density at radius 2 is 1.88 bits per heavy atom. The number of carbonyl (C=O) groups is 2. The largest absolute Gasteiger partial charge is 0.452 e. The number of rotatable bonds is 5. The van der Waals surface area contributed by atoms with Gasteiger partial charge >= 0.3 is 5.97 Å². The number of nitrogens with one attached hydrogen (secondary N) is 1. The fourth-order valence-electron chi connectivity index (χ4n) is 3.25. The monoisotopic (exact) mass is 331 g/mol. The molecule has 1 aliphatic carbocycles. The van der Waals surface area contributed by atoms with Gasteiger partial charge in [0.25, 0.3) is 5.91 Å². The zero-order valence-electron chi connectivity index (χ0n) is 15.2. The van der Waals surface area contributed by atoms with Crippen LogP contribution in [0.15, 0.2) is 24.3 Å². The third-order valence-corrected chi connectivity index (χ3v) is 5.18. The Kier molecular flexibility index (Phi) is 6.41. The van der Waals surface area contributed by atoms with E-state index in [4.69, 9.17) is 4.74 Å². The molecule has 4 heteroatoms. The van der Waals surface area contributed by atoms with Crippen molar-refractivity contribution >= 4 is 11.9 Å². The summed E-state index contributed by atoms with van der Waals surface area (Å²) in [6.45, 7) is 8.05. The van der Waals surface area contributed by atoms with Crippen LogP contribution < -0.4 is 5.32 Å². The van der Waals surface area contributed by atoms with Crippen molar-refractivity contribution in [3.63, 3.8) is 0 Å². The number of ether oxygens (including phenoxy) is 1. The van der Waals surface area contributed by atoms with Crippen molar-refractivity contribution in [1.82, 2.24) is 5.32 Å². The van der Waals surface area contributed by atoms with E-state index in [-0.39, 0.29) is 24.3 Å². The SMILES string of the molecule is Cc1ccc(CC(=O)O[C@H](C)C(=O)N[C@@H]2CCC[C@H](C)[C@@H]2C)cc1. The second-order valence-corrected chi connectivity index (χ2v) is 7.18. The lowest BCUT2D eigenvalue weighted by Gasteiger charge is -2.35. The lowest BCUT2D eigenvalue weighted by Crippen LogP contribution is -2.47. The number of carbonyl (C=O) groups excluding carboxylic acids is 2. The molecular weight excluding hydrogens is 302 g/mol. The fourth-order valence-corrected chi connectivity index (χ4v) is 3.25. The summed E-state index contributed by atoms with van der Waals surface area (Å²) in [6, 6.07) is 7.92. The Labute approximate surface area is 145 Å². The van der Waals surface area contributed by atoms with E-state index < -0.39 is 6.10 Å². The van der Waals surface area contributed by atoms with Crippen LogP contribution in [0.2, 0.25) is 0 Å². The summed E-state index contributed by atoms with van der Waals surface area (Å²) in [5.74, 6) is 0.506. The smallest absolute Gasteiger partial charge is 0.311 e. The lowest BCUT2D eigenvalue weighted by molar-refractivity contribution is -0.154. The molecule has 132 valence electrons. The molecule has 1 fully saturated rings. The van der Waals surface area contributed by atoms with E-state index in [2.05, 4.69) is 19.2 Å². The number of hydrogen-bond acceptors (Lipinski definition) is 3. The first-order valence-corrected chi connectivity index (χ1v) is 8.92. The number of esters is 1. The van der Waals surface area contributed by atoms with Crippen LogP contribution in [0.4, 0.5) is 0 Å². The van der Waals surface area contributed by atoms with Crippen molar-refractivity contribution < 1.29 is 14.3 Å². The summed E-state index contributed by atoms with van der Waals surface area (Å²) in [5.41, 5.74) is 2.05. The van der Waals surface area contributed by atoms with Crippen molar-refractivity contribution in [2.75, 3.05) is 0 Å². The van der Waals surface area contributed by atoms with Crippen LogP contribution in [0, 0.1) is 18.8 Å². The highest BCUT2D eigenvalue weighted by Gasteiger charge is 2.30. The lowest BCUT2D eigenvalue weighted by atomic mass is 9.78. The molecule has 24 heavy (non-hydrogen) atoms. The van der Waals surface area contributed by atoms with Crippen LogP contribution in [0.3, 0.4) is 0 Å². The van der Waals surface area contributed by atoms with E-state index in [9.17, 15) is 9.59 Å². The maximum Gasteiger partial charge on any atom is 0.311 e. The van der Waals surface area contributed by atoms with Gasteiger partial charge in [0.1, 0.15) is 0 Å². The topological polar surface area (TPSA) is 55.4 Å². The van der Waals surface area contributed by atoms with Gasteiger partial charge in [0, 0.05) is 6.04 Å². The van der Waals surface area contributed by atoms with Crippen molar-refractivity contribution in [2.45, 2.75) is 65.5 Å². The summed E-state index contributed by atoms with van der Waals surface area (Å²) in [6.07, 6.45) is 2.79. The van der Waals surface area contributed by atoms with Crippen LogP contribution in [0.1, 0.15) is 51.2 Å². The first kappa shape index (κ1) is 18.5. The Bertz CT molecular complexity index is 567. The third kappa shape index (κ3) is 5.08. The van der Waals surface area contributed by atoms with E-state index in [1.54, 1.807) is 6.92 Å². The first-order valence-electron chi connectivity index (χ1n) is 8.92. The maximum absolute atomic E-state index is 12.3. The molecule has 0 spiro atoms. The van der Waals surface area contributed by atoms with Crippen molar-refractivity contribution in [3.05, 3.63) is 35.4 Å². The fraction of sp³-hybridized carbons (Fsp3) is 0.600. The normalized spacial score (nSPS) is 24.9. The van der Waals surface area contributed by atoms with Gasteiger partial charge in [0.2, 0.25) is 0 Å². The molecule has 1 amide bonds. The highest BCUT2D eigenvalue weighted by Crippen LogP contribution is 2.29. The summed E-state index contributed by atoms with van der Waals surface area (Å²) in [5, 5.41) is 3.06.